The molecule has 0 saturated heterocycles. The number of aromatic nitrogens is 1. The van der Waals surface area contributed by atoms with E-state index in [0.29, 0.717) is 0 Å². The standard InChI is InChI=1S/C14H16N2S/c1-9-5-7-10(8-6-9)14-16-13-11(15)3-2-4-12(13)17-14/h5-8,11H,2-4,15H2,1H3. The van der Waals surface area contributed by atoms with E-state index in [-0.39, 0.29) is 6.04 Å². The molecule has 2 aromatic rings. The molecule has 1 aliphatic carbocycles. The monoisotopic (exact) mass is 244 g/mol. The Balaban J connectivity index is 2.02. The highest BCUT2D eigenvalue weighted by Gasteiger charge is 2.21. The second kappa shape index (κ2) is 4.24. The van der Waals surface area contributed by atoms with Gasteiger partial charge in [0.05, 0.1) is 5.69 Å². The molecule has 1 atom stereocenters. The summed E-state index contributed by atoms with van der Waals surface area (Å²) in [5, 5.41) is 1.12. The molecule has 1 heterocycles. The molecule has 2 N–H and O–H groups in total. The SMILES string of the molecule is Cc1ccc(-c2nc3c(s2)CCCC3N)cc1. The Bertz CT molecular complexity index is 528. The van der Waals surface area contributed by atoms with Crippen molar-refractivity contribution in [2.75, 3.05) is 0 Å². The van der Waals surface area contributed by atoms with Gasteiger partial charge in [-0.3, -0.25) is 0 Å². The van der Waals surface area contributed by atoms with Gasteiger partial charge in [-0.1, -0.05) is 29.8 Å². The zero-order chi connectivity index (χ0) is 11.8. The summed E-state index contributed by atoms with van der Waals surface area (Å²) in [7, 11) is 0. The molecule has 1 aliphatic rings. The van der Waals surface area contributed by atoms with Crippen LogP contribution in [0.1, 0.15) is 35.0 Å². The second-order valence-corrected chi connectivity index (χ2v) is 5.78. The highest BCUT2D eigenvalue weighted by Crippen LogP contribution is 2.35. The Hall–Kier alpha value is -1.19. The van der Waals surface area contributed by atoms with Crippen LogP contribution in [0.25, 0.3) is 10.6 Å². The summed E-state index contributed by atoms with van der Waals surface area (Å²) >= 11 is 1.81. The lowest BCUT2D eigenvalue weighted by molar-refractivity contribution is 0.564. The molecule has 0 amide bonds. The fourth-order valence-electron chi connectivity index (χ4n) is 2.27. The molecular formula is C14H16N2S. The van der Waals surface area contributed by atoms with Gasteiger partial charge < -0.3 is 5.73 Å². The minimum Gasteiger partial charge on any atom is -0.323 e. The van der Waals surface area contributed by atoms with Gasteiger partial charge in [0, 0.05) is 16.5 Å². The van der Waals surface area contributed by atoms with E-state index in [9.17, 15) is 0 Å². The summed E-state index contributed by atoms with van der Waals surface area (Å²) in [6.45, 7) is 2.10. The second-order valence-electron chi connectivity index (χ2n) is 4.69. The summed E-state index contributed by atoms with van der Waals surface area (Å²) in [5.41, 5.74) is 9.74. The fourth-order valence-corrected chi connectivity index (χ4v) is 3.45. The summed E-state index contributed by atoms with van der Waals surface area (Å²) in [5.74, 6) is 0. The van der Waals surface area contributed by atoms with Crippen molar-refractivity contribution >= 4 is 11.3 Å². The lowest BCUT2D eigenvalue weighted by atomic mass is 9.99. The molecule has 1 aromatic carbocycles. The summed E-state index contributed by atoms with van der Waals surface area (Å²) in [6.07, 6.45) is 3.42. The highest BCUT2D eigenvalue weighted by atomic mass is 32.1. The number of hydrogen-bond donors (Lipinski definition) is 1. The zero-order valence-corrected chi connectivity index (χ0v) is 10.8. The maximum atomic E-state index is 6.11. The third kappa shape index (κ3) is 2.01. The van der Waals surface area contributed by atoms with Gasteiger partial charge in [0.25, 0.3) is 0 Å². The minimum atomic E-state index is 0.147. The number of nitrogens with zero attached hydrogens (tertiary/aromatic N) is 1. The molecule has 0 saturated carbocycles. The van der Waals surface area contributed by atoms with Gasteiger partial charge in [-0.2, -0.15) is 0 Å². The predicted molar refractivity (Wildman–Crippen MR) is 72.2 cm³/mol. The molecule has 1 unspecified atom stereocenters. The van der Waals surface area contributed by atoms with Crippen LogP contribution in [0.15, 0.2) is 24.3 Å². The average Bonchev–Trinajstić information content (AvgIpc) is 2.75. The molecule has 3 rings (SSSR count). The van der Waals surface area contributed by atoms with Gasteiger partial charge in [0.1, 0.15) is 5.01 Å². The number of thiazole rings is 1. The molecule has 0 bridgehead atoms. The van der Waals surface area contributed by atoms with Crippen LogP contribution in [0.3, 0.4) is 0 Å². The quantitative estimate of drug-likeness (QED) is 0.834. The van der Waals surface area contributed by atoms with Crippen LogP contribution in [0.2, 0.25) is 0 Å². The van der Waals surface area contributed by atoms with Crippen molar-refractivity contribution in [3.8, 4) is 10.6 Å². The van der Waals surface area contributed by atoms with Gasteiger partial charge >= 0.3 is 0 Å². The molecule has 17 heavy (non-hydrogen) atoms. The Morgan fingerprint density at radius 2 is 2.06 bits per heavy atom. The molecule has 0 fully saturated rings. The van der Waals surface area contributed by atoms with Crippen molar-refractivity contribution in [2.45, 2.75) is 32.2 Å². The first-order valence-corrected chi connectivity index (χ1v) is 6.88. The van der Waals surface area contributed by atoms with E-state index in [4.69, 9.17) is 10.7 Å². The van der Waals surface area contributed by atoms with Crippen LogP contribution < -0.4 is 5.73 Å². The van der Waals surface area contributed by atoms with E-state index in [1.807, 2.05) is 0 Å². The van der Waals surface area contributed by atoms with Crippen LogP contribution in [-0.4, -0.2) is 4.98 Å². The van der Waals surface area contributed by atoms with E-state index in [1.165, 1.54) is 22.4 Å². The number of rotatable bonds is 1. The van der Waals surface area contributed by atoms with Crippen molar-refractivity contribution in [3.63, 3.8) is 0 Å². The van der Waals surface area contributed by atoms with Gasteiger partial charge in [0.15, 0.2) is 0 Å². The van der Waals surface area contributed by atoms with E-state index in [2.05, 4.69) is 31.2 Å². The van der Waals surface area contributed by atoms with Crippen LogP contribution in [0, 0.1) is 6.92 Å². The maximum absolute atomic E-state index is 6.11. The topological polar surface area (TPSA) is 38.9 Å². The first-order valence-electron chi connectivity index (χ1n) is 6.06. The van der Waals surface area contributed by atoms with E-state index in [0.717, 1.165) is 23.5 Å². The Morgan fingerprint density at radius 1 is 1.29 bits per heavy atom. The van der Waals surface area contributed by atoms with Gasteiger partial charge in [-0.25, -0.2) is 4.98 Å². The molecule has 0 aliphatic heterocycles. The summed E-state index contributed by atoms with van der Waals surface area (Å²) < 4.78 is 0. The Kier molecular flexibility index (Phi) is 2.73. The third-order valence-corrected chi connectivity index (χ3v) is 4.48. The molecule has 88 valence electrons. The molecule has 0 spiro atoms. The third-order valence-electron chi connectivity index (χ3n) is 3.30. The van der Waals surface area contributed by atoms with Crippen LogP contribution in [0.5, 0.6) is 0 Å². The largest absolute Gasteiger partial charge is 0.323 e. The van der Waals surface area contributed by atoms with Crippen molar-refractivity contribution in [3.05, 3.63) is 40.4 Å². The van der Waals surface area contributed by atoms with Crippen molar-refractivity contribution < 1.29 is 0 Å². The van der Waals surface area contributed by atoms with E-state index in [1.54, 1.807) is 11.3 Å². The molecule has 3 heteroatoms. The number of benzene rings is 1. The highest BCUT2D eigenvalue weighted by molar-refractivity contribution is 7.15. The van der Waals surface area contributed by atoms with Crippen LogP contribution in [0.4, 0.5) is 0 Å². The average molecular weight is 244 g/mol. The lowest BCUT2D eigenvalue weighted by Gasteiger charge is -2.15. The van der Waals surface area contributed by atoms with Crippen LogP contribution in [-0.2, 0) is 6.42 Å². The first kappa shape index (κ1) is 10.9. The fraction of sp³-hybridized carbons (Fsp3) is 0.357. The summed E-state index contributed by atoms with van der Waals surface area (Å²) in [4.78, 5) is 6.11. The van der Waals surface area contributed by atoms with Crippen LogP contribution >= 0.6 is 11.3 Å². The number of aryl methyl sites for hydroxylation is 2. The molecule has 0 radical (unpaired) electrons. The maximum Gasteiger partial charge on any atom is 0.123 e. The number of hydrogen-bond acceptors (Lipinski definition) is 3. The first-order chi connectivity index (χ1) is 8.24. The van der Waals surface area contributed by atoms with Crippen molar-refractivity contribution in [2.24, 2.45) is 5.73 Å². The Morgan fingerprint density at radius 3 is 2.76 bits per heavy atom. The molecule has 2 nitrogen and oxygen atoms in total. The van der Waals surface area contributed by atoms with Gasteiger partial charge in [-0.15, -0.1) is 11.3 Å². The number of nitrogens with two attached hydrogens (primary N) is 1. The zero-order valence-electron chi connectivity index (χ0n) is 9.94. The molecule has 1 aromatic heterocycles. The number of fused-ring (bicyclic) bond motifs is 1. The smallest absolute Gasteiger partial charge is 0.123 e. The van der Waals surface area contributed by atoms with Crippen molar-refractivity contribution in [1.82, 2.24) is 4.98 Å². The normalized spacial score (nSPS) is 19.1. The van der Waals surface area contributed by atoms with E-state index < -0.39 is 0 Å². The van der Waals surface area contributed by atoms with Crippen molar-refractivity contribution in [1.29, 1.82) is 0 Å². The van der Waals surface area contributed by atoms with Gasteiger partial charge in [-0.05, 0) is 26.2 Å². The summed E-state index contributed by atoms with van der Waals surface area (Å²) in [6, 6.07) is 8.70. The predicted octanol–water partition coefficient (Wildman–Crippen LogP) is 3.45. The van der Waals surface area contributed by atoms with E-state index >= 15 is 0 Å². The Labute approximate surface area is 106 Å². The lowest BCUT2D eigenvalue weighted by Crippen LogP contribution is -2.16. The molecular weight excluding hydrogens is 228 g/mol. The minimum absolute atomic E-state index is 0.147. The van der Waals surface area contributed by atoms with Gasteiger partial charge in [0.2, 0.25) is 0 Å².